The normalized spacial score (nSPS) is 11.0. The minimum absolute atomic E-state index is 0.0141. The number of nitrogens with one attached hydrogen (secondary N) is 2. The fraction of sp³-hybridized carbons (Fsp3) is 0.0938. The Kier molecular flexibility index (Phi) is 9.32. The van der Waals surface area contributed by atoms with Gasteiger partial charge in [0.05, 0.1) is 12.9 Å². The van der Waals surface area contributed by atoms with Gasteiger partial charge in [0.2, 0.25) is 0 Å². The number of hydrogen-bond donors (Lipinski definition) is 2. The number of Topliss-reactive ketones (excluding diaryl/α,β-unsaturated/α-hetero) is 1. The number of anilines is 1. The molecule has 0 unspecified atom stereocenters. The average Bonchev–Trinajstić information content (AvgIpc) is 2.97. The number of benzene rings is 4. The summed E-state index contributed by atoms with van der Waals surface area (Å²) in [4.78, 5) is 39.5. The highest BCUT2D eigenvalue weighted by molar-refractivity contribution is 8.00. The third kappa shape index (κ3) is 7.69. The highest BCUT2D eigenvalue weighted by Crippen LogP contribution is 2.23. The molecule has 0 heterocycles. The van der Waals surface area contributed by atoms with E-state index in [4.69, 9.17) is 4.74 Å². The summed E-state index contributed by atoms with van der Waals surface area (Å²) in [5, 5.41) is 5.61. The number of rotatable bonds is 10. The van der Waals surface area contributed by atoms with E-state index in [-0.39, 0.29) is 23.1 Å². The zero-order valence-electron chi connectivity index (χ0n) is 21.6. The van der Waals surface area contributed by atoms with Gasteiger partial charge >= 0.3 is 0 Å². The second-order valence-corrected chi connectivity index (χ2v) is 9.70. The molecule has 0 saturated carbocycles. The van der Waals surface area contributed by atoms with Gasteiger partial charge in [-0.3, -0.25) is 14.4 Å². The van der Waals surface area contributed by atoms with Crippen LogP contribution in [0.4, 0.5) is 5.69 Å². The first-order valence-electron chi connectivity index (χ1n) is 12.3. The molecule has 0 aliphatic carbocycles. The summed E-state index contributed by atoms with van der Waals surface area (Å²) in [5.41, 5.74) is 3.56. The number of methoxy groups -OCH3 is 1. The van der Waals surface area contributed by atoms with E-state index in [9.17, 15) is 14.4 Å². The second-order valence-electron chi connectivity index (χ2n) is 8.65. The topological polar surface area (TPSA) is 84.5 Å². The SMILES string of the molecule is COc1ccc(C(=O)CSc2ccc(NC(=O)/C(=C/c3ccccc3C)NC(=O)c3ccccc3)cc2)cc1. The number of thioether (sulfide) groups is 1. The Bertz CT molecular complexity index is 1480. The first kappa shape index (κ1) is 27.4. The van der Waals surface area contributed by atoms with Crippen LogP contribution in [0.2, 0.25) is 0 Å². The van der Waals surface area contributed by atoms with Crippen LogP contribution in [0.3, 0.4) is 0 Å². The first-order chi connectivity index (χ1) is 18.9. The minimum Gasteiger partial charge on any atom is -0.497 e. The Balaban J connectivity index is 1.43. The molecule has 0 radical (unpaired) electrons. The van der Waals surface area contributed by atoms with E-state index in [0.29, 0.717) is 22.6 Å². The lowest BCUT2D eigenvalue weighted by Gasteiger charge is -2.12. The van der Waals surface area contributed by atoms with Crippen LogP contribution in [0.1, 0.15) is 31.8 Å². The van der Waals surface area contributed by atoms with Crippen molar-refractivity contribution in [2.45, 2.75) is 11.8 Å². The molecule has 4 aromatic carbocycles. The lowest BCUT2D eigenvalue weighted by atomic mass is 10.1. The molecule has 7 heteroatoms. The van der Waals surface area contributed by atoms with E-state index >= 15 is 0 Å². The summed E-state index contributed by atoms with van der Waals surface area (Å²) in [6.45, 7) is 1.94. The predicted octanol–water partition coefficient (Wildman–Crippen LogP) is 6.39. The number of hydrogen-bond acceptors (Lipinski definition) is 5. The lowest BCUT2D eigenvalue weighted by molar-refractivity contribution is -0.113. The van der Waals surface area contributed by atoms with Gasteiger partial charge in [0.25, 0.3) is 11.8 Å². The molecule has 0 aromatic heterocycles. The van der Waals surface area contributed by atoms with E-state index < -0.39 is 5.91 Å². The van der Waals surface area contributed by atoms with Gasteiger partial charge in [0.1, 0.15) is 11.4 Å². The quantitative estimate of drug-likeness (QED) is 0.139. The summed E-state index contributed by atoms with van der Waals surface area (Å²) in [7, 11) is 1.58. The number of carbonyl (C=O) groups is 3. The van der Waals surface area contributed by atoms with Crippen molar-refractivity contribution >= 4 is 41.1 Å². The Morgan fingerprint density at radius 3 is 2.13 bits per heavy atom. The van der Waals surface area contributed by atoms with Gasteiger partial charge < -0.3 is 15.4 Å². The smallest absolute Gasteiger partial charge is 0.272 e. The van der Waals surface area contributed by atoms with Crippen LogP contribution in [-0.4, -0.2) is 30.5 Å². The minimum atomic E-state index is -0.447. The molecule has 0 saturated heterocycles. The molecule has 0 aliphatic heterocycles. The van der Waals surface area contributed by atoms with E-state index in [0.717, 1.165) is 16.0 Å². The van der Waals surface area contributed by atoms with Crippen molar-refractivity contribution in [3.63, 3.8) is 0 Å². The lowest BCUT2D eigenvalue weighted by Crippen LogP contribution is -2.30. The van der Waals surface area contributed by atoms with E-state index in [1.165, 1.54) is 11.8 Å². The molecule has 196 valence electrons. The molecule has 0 bridgehead atoms. The molecular weight excluding hydrogens is 508 g/mol. The van der Waals surface area contributed by atoms with Crippen molar-refractivity contribution in [2.75, 3.05) is 18.2 Å². The highest BCUT2D eigenvalue weighted by Gasteiger charge is 2.16. The molecule has 0 fully saturated rings. The van der Waals surface area contributed by atoms with Crippen molar-refractivity contribution in [1.82, 2.24) is 5.32 Å². The van der Waals surface area contributed by atoms with Crippen molar-refractivity contribution in [3.8, 4) is 5.75 Å². The Labute approximate surface area is 232 Å². The zero-order valence-corrected chi connectivity index (χ0v) is 22.5. The van der Waals surface area contributed by atoms with Crippen molar-refractivity contribution in [2.24, 2.45) is 0 Å². The van der Waals surface area contributed by atoms with Gasteiger partial charge in [-0.2, -0.15) is 0 Å². The Hall–Kier alpha value is -4.62. The molecule has 0 atom stereocenters. The van der Waals surface area contributed by atoms with Crippen LogP contribution in [0, 0.1) is 6.92 Å². The van der Waals surface area contributed by atoms with E-state index in [2.05, 4.69) is 10.6 Å². The first-order valence-corrected chi connectivity index (χ1v) is 13.3. The average molecular weight is 537 g/mol. The fourth-order valence-electron chi connectivity index (χ4n) is 3.69. The van der Waals surface area contributed by atoms with Crippen LogP contribution >= 0.6 is 11.8 Å². The van der Waals surface area contributed by atoms with Gasteiger partial charge in [0.15, 0.2) is 5.78 Å². The summed E-state index contributed by atoms with van der Waals surface area (Å²) in [6, 6.07) is 30.6. The van der Waals surface area contributed by atoms with Gasteiger partial charge in [-0.05, 0) is 84.8 Å². The standard InChI is InChI=1S/C32H28N2O4S/c1-22-8-6-7-11-25(22)20-29(34-31(36)24-9-4-3-5-10-24)32(37)33-26-14-18-28(19-15-26)39-21-30(35)23-12-16-27(38-2)17-13-23/h3-20H,21H2,1-2H3,(H,33,37)(H,34,36)/b29-20-. The number of ether oxygens (including phenoxy) is 1. The van der Waals surface area contributed by atoms with Crippen molar-refractivity contribution in [3.05, 3.63) is 131 Å². The molecule has 2 N–H and O–H groups in total. The molecule has 2 amide bonds. The Morgan fingerprint density at radius 2 is 1.46 bits per heavy atom. The number of amides is 2. The van der Waals surface area contributed by atoms with Gasteiger partial charge in [-0.25, -0.2) is 0 Å². The molecule has 4 aromatic rings. The van der Waals surface area contributed by atoms with Gasteiger partial charge in [-0.1, -0.05) is 42.5 Å². The maximum Gasteiger partial charge on any atom is 0.272 e. The van der Waals surface area contributed by atoms with E-state index in [1.807, 2.05) is 49.4 Å². The summed E-state index contributed by atoms with van der Waals surface area (Å²) in [6.07, 6.45) is 1.67. The zero-order chi connectivity index (χ0) is 27.6. The highest BCUT2D eigenvalue weighted by atomic mass is 32.2. The maximum atomic E-state index is 13.2. The molecule has 6 nitrogen and oxygen atoms in total. The molecular formula is C32H28N2O4S. The third-order valence-electron chi connectivity index (χ3n) is 5.91. The maximum absolute atomic E-state index is 13.2. The monoisotopic (exact) mass is 536 g/mol. The van der Waals surface area contributed by atoms with E-state index in [1.54, 1.807) is 73.8 Å². The Morgan fingerprint density at radius 1 is 0.795 bits per heavy atom. The van der Waals surface area contributed by atoms with Crippen LogP contribution in [0.5, 0.6) is 5.75 Å². The fourth-order valence-corrected chi connectivity index (χ4v) is 4.48. The second kappa shape index (κ2) is 13.3. The van der Waals surface area contributed by atoms with Crippen LogP contribution in [0.25, 0.3) is 6.08 Å². The molecule has 0 spiro atoms. The molecule has 39 heavy (non-hydrogen) atoms. The van der Waals surface area contributed by atoms with Crippen molar-refractivity contribution < 1.29 is 19.1 Å². The third-order valence-corrected chi connectivity index (χ3v) is 6.92. The summed E-state index contributed by atoms with van der Waals surface area (Å²) < 4.78 is 5.13. The summed E-state index contributed by atoms with van der Waals surface area (Å²) >= 11 is 1.41. The molecule has 0 aliphatic rings. The predicted molar refractivity (Wildman–Crippen MR) is 156 cm³/mol. The number of carbonyl (C=O) groups excluding carboxylic acids is 3. The number of aryl methyl sites for hydroxylation is 1. The van der Waals surface area contributed by atoms with Gasteiger partial charge in [-0.15, -0.1) is 11.8 Å². The van der Waals surface area contributed by atoms with Crippen LogP contribution in [0.15, 0.2) is 114 Å². The summed E-state index contributed by atoms with van der Waals surface area (Å²) in [5.74, 6) is 0.178. The van der Waals surface area contributed by atoms with Crippen LogP contribution in [-0.2, 0) is 4.79 Å². The largest absolute Gasteiger partial charge is 0.497 e. The molecule has 4 rings (SSSR count). The van der Waals surface area contributed by atoms with Gasteiger partial charge in [0, 0.05) is 21.7 Å². The van der Waals surface area contributed by atoms with Crippen LogP contribution < -0.4 is 15.4 Å². The number of ketones is 1. The van der Waals surface area contributed by atoms with Crippen molar-refractivity contribution in [1.29, 1.82) is 0 Å².